The van der Waals surface area contributed by atoms with Crippen LogP contribution in [0.4, 0.5) is 6.01 Å². The van der Waals surface area contributed by atoms with E-state index in [-0.39, 0.29) is 18.7 Å². The lowest BCUT2D eigenvalue weighted by atomic mass is 10.2. The molecule has 4 rings (SSSR count). The second kappa shape index (κ2) is 5.97. The third-order valence-electron chi connectivity index (χ3n) is 3.17. The van der Waals surface area contributed by atoms with Gasteiger partial charge in [0.2, 0.25) is 6.79 Å². The molecule has 122 valence electrons. The lowest BCUT2D eigenvalue weighted by molar-refractivity contribution is 0.102. The van der Waals surface area contributed by atoms with E-state index in [9.17, 15) is 4.79 Å². The number of hydrogen-bond donors (Lipinski definition) is 1. The fraction of sp³-hybridized carbons (Fsp3) is 0.0714. The first-order valence-corrected chi connectivity index (χ1v) is 8.17. The fourth-order valence-electron chi connectivity index (χ4n) is 2.08. The maximum Gasteiger partial charge on any atom is 0.322 e. The Bertz CT molecular complexity index is 940. The van der Waals surface area contributed by atoms with Crippen molar-refractivity contribution in [1.29, 1.82) is 0 Å². The Morgan fingerprint density at radius 1 is 1.17 bits per heavy atom. The zero-order valence-electron chi connectivity index (χ0n) is 11.7. The number of nitrogens with zero attached hydrogens (tertiary/aromatic N) is 2. The second-order valence-electron chi connectivity index (χ2n) is 4.67. The van der Waals surface area contributed by atoms with Crippen LogP contribution in [0.5, 0.6) is 11.5 Å². The molecule has 0 fully saturated rings. The van der Waals surface area contributed by atoms with E-state index in [0.29, 0.717) is 31.3 Å². The smallest absolute Gasteiger partial charge is 0.322 e. The molecule has 0 bridgehead atoms. The van der Waals surface area contributed by atoms with Gasteiger partial charge in [0.1, 0.15) is 4.34 Å². The first-order valence-electron chi connectivity index (χ1n) is 6.60. The first-order chi connectivity index (χ1) is 11.6. The van der Waals surface area contributed by atoms with Gasteiger partial charge in [-0.15, -0.1) is 16.4 Å². The van der Waals surface area contributed by atoms with E-state index in [0.717, 1.165) is 0 Å². The molecule has 0 radical (unpaired) electrons. The maximum atomic E-state index is 12.3. The van der Waals surface area contributed by atoms with Gasteiger partial charge < -0.3 is 13.9 Å². The van der Waals surface area contributed by atoms with Crippen LogP contribution in [0.1, 0.15) is 10.4 Å². The molecule has 0 atom stereocenters. The molecule has 24 heavy (non-hydrogen) atoms. The molecule has 1 amide bonds. The molecular weight excluding hydrogens is 377 g/mol. The third kappa shape index (κ3) is 2.79. The number of amides is 1. The predicted molar refractivity (Wildman–Crippen MR) is 88.1 cm³/mol. The SMILES string of the molecule is O=C(Nc1nnc(-c2cc(Cl)sc2Cl)o1)c1ccc2c(c1)OCO2. The molecule has 1 aliphatic rings. The number of rotatable bonds is 3. The minimum Gasteiger partial charge on any atom is -0.454 e. The molecule has 1 N–H and O–H groups in total. The molecule has 0 unspecified atom stereocenters. The molecular formula is C14H7Cl2N3O4S. The first kappa shape index (κ1) is 15.3. The van der Waals surface area contributed by atoms with E-state index in [1.165, 1.54) is 11.3 Å². The van der Waals surface area contributed by atoms with Crippen LogP contribution in [0.2, 0.25) is 8.67 Å². The van der Waals surface area contributed by atoms with E-state index in [1.807, 2.05) is 0 Å². The number of thiophene rings is 1. The number of aromatic nitrogens is 2. The number of halogens is 2. The van der Waals surface area contributed by atoms with Gasteiger partial charge in [0.15, 0.2) is 11.5 Å². The quantitative estimate of drug-likeness (QED) is 0.732. The van der Waals surface area contributed by atoms with Crippen LogP contribution in [0.15, 0.2) is 28.7 Å². The Labute approximate surface area is 149 Å². The average molecular weight is 384 g/mol. The number of fused-ring (bicyclic) bond motifs is 1. The zero-order valence-corrected chi connectivity index (χ0v) is 14.0. The molecule has 2 aromatic heterocycles. The monoisotopic (exact) mass is 383 g/mol. The summed E-state index contributed by atoms with van der Waals surface area (Å²) in [5.41, 5.74) is 0.887. The van der Waals surface area contributed by atoms with Gasteiger partial charge in [0, 0.05) is 5.56 Å². The molecule has 10 heteroatoms. The minimum absolute atomic E-state index is 0.0499. The maximum absolute atomic E-state index is 12.3. The van der Waals surface area contributed by atoms with Gasteiger partial charge in [0.05, 0.1) is 9.90 Å². The van der Waals surface area contributed by atoms with Gasteiger partial charge in [-0.05, 0) is 24.3 Å². The molecule has 3 aromatic rings. The summed E-state index contributed by atoms with van der Waals surface area (Å²) < 4.78 is 16.8. The largest absolute Gasteiger partial charge is 0.454 e. The van der Waals surface area contributed by atoms with Crippen molar-refractivity contribution in [2.24, 2.45) is 0 Å². The lowest BCUT2D eigenvalue weighted by Crippen LogP contribution is -2.12. The summed E-state index contributed by atoms with van der Waals surface area (Å²) in [4.78, 5) is 12.3. The normalized spacial score (nSPS) is 12.4. The van der Waals surface area contributed by atoms with Crippen molar-refractivity contribution < 1.29 is 18.7 Å². The van der Waals surface area contributed by atoms with Gasteiger partial charge in [-0.2, -0.15) is 0 Å². The highest BCUT2D eigenvalue weighted by atomic mass is 35.5. The number of anilines is 1. The third-order valence-corrected chi connectivity index (χ3v) is 4.65. The summed E-state index contributed by atoms with van der Waals surface area (Å²) in [5.74, 6) is 0.853. The molecule has 0 aliphatic carbocycles. The van der Waals surface area contributed by atoms with Crippen LogP contribution in [-0.2, 0) is 0 Å². The summed E-state index contributed by atoms with van der Waals surface area (Å²) in [6, 6.07) is 6.40. The van der Waals surface area contributed by atoms with Crippen molar-refractivity contribution in [3.05, 3.63) is 38.5 Å². The highest BCUT2D eigenvalue weighted by molar-refractivity contribution is 7.20. The Hall–Kier alpha value is -2.29. The number of carbonyl (C=O) groups excluding carboxylic acids is 1. The number of ether oxygens (including phenoxy) is 2. The molecule has 0 saturated heterocycles. The van der Waals surface area contributed by atoms with E-state index >= 15 is 0 Å². The van der Waals surface area contributed by atoms with Gasteiger partial charge in [-0.25, -0.2) is 0 Å². The minimum atomic E-state index is -0.419. The molecule has 7 nitrogen and oxygen atoms in total. The van der Waals surface area contributed by atoms with Crippen molar-refractivity contribution in [1.82, 2.24) is 10.2 Å². The van der Waals surface area contributed by atoms with Gasteiger partial charge in [-0.3, -0.25) is 10.1 Å². The van der Waals surface area contributed by atoms with Crippen molar-refractivity contribution in [3.8, 4) is 23.0 Å². The highest BCUT2D eigenvalue weighted by Crippen LogP contribution is 2.38. The Balaban J connectivity index is 1.53. The van der Waals surface area contributed by atoms with E-state index < -0.39 is 5.91 Å². The molecule has 0 saturated carbocycles. The highest BCUT2D eigenvalue weighted by Gasteiger charge is 2.19. The van der Waals surface area contributed by atoms with E-state index in [1.54, 1.807) is 24.3 Å². The average Bonchev–Trinajstić information content (AvgIpc) is 3.26. The Morgan fingerprint density at radius 2 is 2.00 bits per heavy atom. The fourth-order valence-corrected chi connectivity index (χ4v) is 3.52. The van der Waals surface area contributed by atoms with Crippen LogP contribution in [-0.4, -0.2) is 22.9 Å². The summed E-state index contributed by atoms with van der Waals surface area (Å²) in [5, 5.41) is 10.1. The summed E-state index contributed by atoms with van der Waals surface area (Å²) in [7, 11) is 0. The van der Waals surface area contributed by atoms with E-state index in [4.69, 9.17) is 37.1 Å². The van der Waals surface area contributed by atoms with Crippen LogP contribution in [0.3, 0.4) is 0 Å². The van der Waals surface area contributed by atoms with Crippen LogP contribution < -0.4 is 14.8 Å². The Morgan fingerprint density at radius 3 is 2.79 bits per heavy atom. The molecule has 1 aliphatic heterocycles. The predicted octanol–water partition coefficient (Wildman–Crippen LogP) is 4.09. The van der Waals surface area contributed by atoms with Crippen molar-refractivity contribution >= 4 is 46.5 Å². The van der Waals surface area contributed by atoms with Gasteiger partial charge in [-0.1, -0.05) is 28.3 Å². The van der Waals surface area contributed by atoms with Crippen LogP contribution in [0, 0.1) is 0 Å². The standard InChI is InChI=1S/C14H7Cl2N3O4S/c15-10-4-7(11(16)24-10)13-18-19-14(23-13)17-12(20)6-1-2-8-9(3-6)22-5-21-8/h1-4H,5H2,(H,17,19,20). The number of nitrogens with one attached hydrogen (secondary N) is 1. The number of hydrogen-bond acceptors (Lipinski definition) is 7. The van der Waals surface area contributed by atoms with Gasteiger partial charge >= 0.3 is 6.01 Å². The second-order valence-corrected chi connectivity index (χ2v) is 6.96. The van der Waals surface area contributed by atoms with Crippen molar-refractivity contribution in [3.63, 3.8) is 0 Å². The van der Waals surface area contributed by atoms with Crippen molar-refractivity contribution in [2.45, 2.75) is 0 Å². The van der Waals surface area contributed by atoms with Crippen molar-refractivity contribution in [2.75, 3.05) is 12.1 Å². The zero-order chi connectivity index (χ0) is 16.7. The molecule has 1 aromatic carbocycles. The van der Waals surface area contributed by atoms with Gasteiger partial charge in [0.25, 0.3) is 11.8 Å². The van der Waals surface area contributed by atoms with E-state index in [2.05, 4.69) is 15.5 Å². The summed E-state index contributed by atoms with van der Waals surface area (Å²) >= 11 is 13.1. The van der Waals surface area contributed by atoms with Crippen LogP contribution in [0.25, 0.3) is 11.5 Å². The molecule has 0 spiro atoms. The topological polar surface area (TPSA) is 86.5 Å². The van der Waals surface area contributed by atoms with Crippen LogP contribution >= 0.6 is 34.5 Å². The number of carbonyl (C=O) groups is 1. The Kier molecular flexibility index (Phi) is 3.79. The number of benzene rings is 1. The summed E-state index contributed by atoms with van der Waals surface area (Å²) in [6.07, 6.45) is 0. The molecule has 3 heterocycles. The lowest BCUT2D eigenvalue weighted by Gasteiger charge is -2.02. The summed E-state index contributed by atoms with van der Waals surface area (Å²) in [6.45, 7) is 0.136.